The first-order valence-electron chi connectivity index (χ1n) is 11.0. The lowest BCUT2D eigenvalue weighted by Crippen LogP contribution is -2.51. The second-order valence-corrected chi connectivity index (χ2v) is 9.32. The molecule has 0 aromatic heterocycles. The van der Waals surface area contributed by atoms with Crippen LogP contribution in [-0.2, 0) is 4.74 Å². The number of ether oxygens (including phenoxy) is 1. The molecule has 1 aromatic carbocycles. The molecule has 1 aromatic rings. The van der Waals surface area contributed by atoms with Crippen LogP contribution in [0.15, 0.2) is 35.9 Å². The van der Waals surface area contributed by atoms with Crippen LogP contribution < -0.4 is 5.32 Å². The molecule has 1 saturated carbocycles. The van der Waals surface area contributed by atoms with E-state index in [1.807, 2.05) is 11.0 Å². The van der Waals surface area contributed by atoms with Crippen LogP contribution in [0.5, 0.6) is 0 Å². The van der Waals surface area contributed by atoms with E-state index in [0.29, 0.717) is 35.7 Å². The number of rotatable bonds is 6. The maximum Gasteiger partial charge on any atom is 0.322 e. The molecule has 2 unspecified atom stereocenters. The van der Waals surface area contributed by atoms with Gasteiger partial charge in [-0.1, -0.05) is 31.6 Å². The summed E-state index contributed by atoms with van der Waals surface area (Å²) in [6.07, 6.45) is 4.75. The van der Waals surface area contributed by atoms with Gasteiger partial charge in [-0.15, -0.1) is 0 Å². The number of hydrogen-bond donors (Lipinski definition) is 1. The van der Waals surface area contributed by atoms with Crippen molar-refractivity contribution in [2.75, 3.05) is 51.3 Å². The lowest BCUT2D eigenvalue weighted by Gasteiger charge is -2.57. The second kappa shape index (κ2) is 8.79. The van der Waals surface area contributed by atoms with Crippen molar-refractivity contribution in [2.24, 2.45) is 17.3 Å². The Bertz CT molecular complexity index is 851. The summed E-state index contributed by atoms with van der Waals surface area (Å²) < 4.78 is 5.45. The summed E-state index contributed by atoms with van der Waals surface area (Å²) in [5, 5.41) is 12.1. The summed E-state index contributed by atoms with van der Waals surface area (Å²) >= 11 is 0. The fourth-order valence-corrected chi connectivity index (χ4v) is 5.08. The molecule has 2 atom stereocenters. The minimum absolute atomic E-state index is 0.0986. The van der Waals surface area contributed by atoms with E-state index in [-0.39, 0.29) is 6.03 Å². The Kier molecular flexibility index (Phi) is 6.12. The Morgan fingerprint density at radius 1 is 1.37 bits per heavy atom. The van der Waals surface area contributed by atoms with Crippen molar-refractivity contribution >= 4 is 11.7 Å². The average molecular weight is 409 g/mol. The zero-order chi connectivity index (χ0) is 21.1. The zero-order valence-corrected chi connectivity index (χ0v) is 18.1. The Morgan fingerprint density at radius 2 is 2.17 bits per heavy atom. The highest BCUT2D eigenvalue weighted by molar-refractivity contribution is 5.89. The third kappa shape index (κ3) is 4.38. The Labute approximate surface area is 179 Å². The summed E-state index contributed by atoms with van der Waals surface area (Å²) in [7, 11) is 0. The number of benzene rings is 1. The lowest BCUT2D eigenvalue weighted by atomic mass is 9.49. The van der Waals surface area contributed by atoms with E-state index >= 15 is 0 Å². The van der Waals surface area contributed by atoms with Crippen molar-refractivity contribution in [2.45, 2.75) is 26.7 Å². The maximum atomic E-state index is 13.2. The molecule has 1 heterocycles. The number of amides is 2. The highest BCUT2D eigenvalue weighted by Crippen LogP contribution is 2.59. The van der Waals surface area contributed by atoms with Crippen LogP contribution >= 0.6 is 0 Å². The monoisotopic (exact) mass is 408 g/mol. The molecule has 4 aliphatic rings. The van der Waals surface area contributed by atoms with E-state index in [9.17, 15) is 4.79 Å². The molecule has 30 heavy (non-hydrogen) atoms. The second-order valence-electron chi connectivity index (χ2n) is 9.32. The summed E-state index contributed by atoms with van der Waals surface area (Å²) in [5.41, 5.74) is 2.96. The molecule has 0 radical (unpaired) electrons. The number of nitriles is 1. The normalized spacial score (nSPS) is 24.9. The van der Waals surface area contributed by atoms with Crippen LogP contribution in [-0.4, -0.2) is 61.8 Å². The summed E-state index contributed by atoms with van der Waals surface area (Å²) in [6.45, 7) is 10.3. The van der Waals surface area contributed by atoms with Gasteiger partial charge < -0.3 is 15.0 Å². The van der Waals surface area contributed by atoms with Crippen molar-refractivity contribution in [3.05, 3.63) is 41.5 Å². The number of allylic oxidation sites excluding steroid dienone is 1. The summed E-state index contributed by atoms with van der Waals surface area (Å²) in [6, 6.07) is 9.13. The van der Waals surface area contributed by atoms with Gasteiger partial charge in [0.1, 0.15) is 0 Å². The number of nitrogens with one attached hydrogen (secondary N) is 1. The van der Waals surface area contributed by atoms with E-state index in [4.69, 9.17) is 10.00 Å². The van der Waals surface area contributed by atoms with Crippen LogP contribution in [0.4, 0.5) is 10.5 Å². The Morgan fingerprint density at radius 3 is 2.87 bits per heavy atom. The largest absolute Gasteiger partial charge is 0.379 e. The fourth-order valence-electron chi connectivity index (χ4n) is 5.08. The number of carbonyl (C=O) groups is 1. The summed E-state index contributed by atoms with van der Waals surface area (Å²) in [4.78, 5) is 17.5. The highest BCUT2D eigenvalue weighted by Gasteiger charge is 2.51. The first kappa shape index (κ1) is 20.9. The van der Waals surface area contributed by atoms with E-state index in [2.05, 4.69) is 36.2 Å². The van der Waals surface area contributed by atoms with E-state index in [1.165, 1.54) is 12.0 Å². The molecule has 6 nitrogen and oxygen atoms in total. The SMILES string of the molecule is CC1(C)C2CC=C(CN(CCN3CCOCC3)C(=O)Nc3cccc(C#N)c3)C1C2. The van der Waals surface area contributed by atoms with E-state index in [0.717, 1.165) is 45.2 Å². The van der Waals surface area contributed by atoms with Gasteiger partial charge in [0.25, 0.3) is 0 Å². The molecular weight excluding hydrogens is 376 g/mol. The van der Waals surface area contributed by atoms with Gasteiger partial charge in [0.2, 0.25) is 0 Å². The molecule has 2 amide bonds. The third-order valence-electron chi connectivity index (χ3n) is 7.28. The topological polar surface area (TPSA) is 68.6 Å². The molecule has 1 saturated heterocycles. The van der Waals surface area contributed by atoms with Crippen molar-refractivity contribution in [1.29, 1.82) is 5.26 Å². The van der Waals surface area contributed by atoms with Gasteiger partial charge in [-0.2, -0.15) is 5.26 Å². The van der Waals surface area contributed by atoms with Crippen LogP contribution in [0.1, 0.15) is 32.3 Å². The molecule has 3 aliphatic carbocycles. The fraction of sp³-hybridized carbons (Fsp3) is 0.583. The molecule has 2 fully saturated rings. The number of fused-ring (bicyclic) bond motifs is 1. The van der Waals surface area contributed by atoms with Gasteiger partial charge in [0.05, 0.1) is 24.8 Å². The smallest absolute Gasteiger partial charge is 0.322 e. The maximum absolute atomic E-state index is 13.2. The predicted octanol–water partition coefficient (Wildman–Crippen LogP) is 3.72. The highest BCUT2D eigenvalue weighted by atomic mass is 16.5. The molecule has 160 valence electrons. The standard InChI is InChI=1S/C24H32N4O2/c1-24(2)20-7-6-19(22(24)15-20)17-28(9-8-27-10-12-30-13-11-27)23(29)26-21-5-3-4-18(14-21)16-25/h3-6,14,20,22H,7-13,15,17H2,1-2H3,(H,26,29). The summed E-state index contributed by atoms with van der Waals surface area (Å²) in [5.74, 6) is 1.37. The van der Waals surface area contributed by atoms with Crippen LogP contribution in [0, 0.1) is 28.6 Å². The predicted molar refractivity (Wildman–Crippen MR) is 117 cm³/mol. The van der Waals surface area contributed by atoms with Crippen molar-refractivity contribution in [1.82, 2.24) is 9.80 Å². The minimum atomic E-state index is -0.0986. The Hall–Kier alpha value is -2.36. The van der Waals surface area contributed by atoms with Crippen LogP contribution in [0.25, 0.3) is 0 Å². The molecule has 2 bridgehead atoms. The first-order valence-corrected chi connectivity index (χ1v) is 11.0. The third-order valence-corrected chi connectivity index (χ3v) is 7.28. The molecule has 6 heteroatoms. The number of carbonyl (C=O) groups excluding carboxylic acids is 1. The van der Waals surface area contributed by atoms with E-state index in [1.54, 1.807) is 18.2 Å². The number of hydrogen-bond acceptors (Lipinski definition) is 4. The number of anilines is 1. The average Bonchev–Trinajstić information content (AvgIpc) is 2.77. The first-order chi connectivity index (χ1) is 14.5. The number of urea groups is 1. The Balaban J connectivity index is 1.45. The number of nitrogens with zero attached hydrogens (tertiary/aromatic N) is 3. The molecule has 5 rings (SSSR count). The van der Waals surface area contributed by atoms with Gasteiger partial charge in [0.15, 0.2) is 0 Å². The van der Waals surface area contributed by atoms with Crippen molar-refractivity contribution in [3.63, 3.8) is 0 Å². The van der Waals surface area contributed by atoms with Gasteiger partial charge >= 0.3 is 6.03 Å². The van der Waals surface area contributed by atoms with Crippen molar-refractivity contribution in [3.8, 4) is 6.07 Å². The molecule has 0 spiro atoms. The zero-order valence-electron chi connectivity index (χ0n) is 18.1. The van der Waals surface area contributed by atoms with Crippen molar-refractivity contribution < 1.29 is 9.53 Å². The molecule has 1 aliphatic heterocycles. The van der Waals surface area contributed by atoms with Crippen LogP contribution in [0.3, 0.4) is 0 Å². The van der Waals surface area contributed by atoms with Crippen LogP contribution in [0.2, 0.25) is 0 Å². The van der Waals surface area contributed by atoms with Gasteiger partial charge in [0, 0.05) is 38.4 Å². The van der Waals surface area contributed by atoms with E-state index < -0.39 is 0 Å². The molecular formula is C24H32N4O2. The van der Waals surface area contributed by atoms with Gasteiger partial charge in [-0.3, -0.25) is 4.90 Å². The van der Waals surface area contributed by atoms with Gasteiger partial charge in [-0.25, -0.2) is 4.79 Å². The van der Waals surface area contributed by atoms with Gasteiger partial charge in [-0.05, 0) is 48.3 Å². The quantitative estimate of drug-likeness (QED) is 0.729. The minimum Gasteiger partial charge on any atom is -0.379 e. The molecule has 1 N–H and O–H groups in total. The number of morpholine rings is 1. The lowest BCUT2D eigenvalue weighted by molar-refractivity contribution is -0.00999.